The van der Waals surface area contributed by atoms with Crippen LogP contribution in [0.25, 0.3) is 43.8 Å². The van der Waals surface area contributed by atoms with Gasteiger partial charge in [0.1, 0.15) is 11.2 Å². The lowest BCUT2D eigenvalue weighted by Crippen LogP contribution is -1.87. The molecular weight excluding hydrogens is 316 g/mol. The topological polar surface area (TPSA) is 13.1 Å². The van der Waals surface area contributed by atoms with Gasteiger partial charge < -0.3 is 4.42 Å². The number of hydrogen-bond donors (Lipinski definition) is 0. The molecule has 0 radical (unpaired) electrons. The molecule has 1 nitrogen and oxygen atoms in total. The summed E-state index contributed by atoms with van der Waals surface area (Å²) in [6.07, 6.45) is 0. The first kappa shape index (κ1) is 15.2. The molecule has 0 fully saturated rings. The number of benzene rings is 4. The van der Waals surface area contributed by atoms with E-state index < -0.39 is 0 Å². The van der Waals surface area contributed by atoms with Crippen LogP contribution in [0.5, 0.6) is 0 Å². The average Bonchev–Trinajstić information content (AvgIpc) is 3.05. The van der Waals surface area contributed by atoms with E-state index >= 15 is 0 Å². The summed E-state index contributed by atoms with van der Waals surface area (Å²) in [7, 11) is 0. The summed E-state index contributed by atoms with van der Waals surface area (Å²) in [5.41, 5.74) is 5.68. The van der Waals surface area contributed by atoms with E-state index in [2.05, 4.69) is 92.7 Å². The second-order valence-corrected chi connectivity index (χ2v) is 7.25. The summed E-state index contributed by atoms with van der Waals surface area (Å²) < 4.78 is 6.19. The van der Waals surface area contributed by atoms with Crippen molar-refractivity contribution in [1.82, 2.24) is 0 Å². The monoisotopic (exact) mass is 336 g/mol. The zero-order valence-electron chi connectivity index (χ0n) is 15.0. The highest BCUT2D eigenvalue weighted by Crippen LogP contribution is 2.36. The van der Waals surface area contributed by atoms with Crippen molar-refractivity contribution in [2.45, 2.75) is 19.8 Å². The lowest BCUT2D eigenvalue weighted by atomic mass is 9.96. The molecule has 0 amide bonds. The highest BCUT2D eigenvalue weighted by molar-refractivity contribution is 6.08. The molecule has 0 aliphatic carbocycles. The van der Waals surface area contributed by atoms with E-state index in [0.29, 0.717) is 5.92 Å². The van der Waals surface area contributed by atoms with E-state index in [-0.39, 0.29) is 0 Å². The van der Waals surface area contributed by atoms with Gasteiger partial charge in [-0.3, -0.25) is 0 Å². The number of hydrogen-bond acceptors (Lipinski definition) is 1. The predicted octanol–water partition coefficient (Wildman–Crippen LogP) is 7.53. The van der Waals surface area contributed by atoms with Crippen molar-refractivity contribution >= 4 is 32.7 Å². The van der Waals surface area contributed by atoms with Gasteiger partial charge >= 0.3 is 0 Å². The molecule has 0 saturated carbocycles. The number of furan rings is 1. The molecule has 5 aromatic rings. The fourth-order valence-electron chi connectivity index (χ4n) is 3.88. The van der Waals surface area contributed by atoms with Crippen LogP contribution in [0.3, 0.4) is 0 Å². The first-order valence-corrected chi connectivity index (χ1v) is 9.15. The zero-order chi connectivity index (χ0) is 17.7. The second-order valence-electron chi connectivity index (χ2n) is 7.25. The van der Waals surface area contributed by atoms with E-state index in [1.165, 1.54) is 38.2 Å². The normalized spacial score (nSPS) is 11.8. The molecule has 26 heavy (non-hydrogen) atoms. The Bertz CT molecular complexity index is 1260. The minimum absolute atomic E-state index is 0.472. The Morgan fingerprint density at radius 3 is 2.27 bits per heavy atom. The Hall–Kier alpha value is -3.06. The van der Waals surface area contributed by atoms with Gasteiger partial charge in [-0.05, 0) is 57.6 Å². The molecule has 4 aromatic carbocycles. The standard InChI is InChI=1S/C25H20O/c1-16(2)21-8-5-9-23-25(21)22-13-12-20(15-24(22)26-23)19-11-10-17-6-3-4-7-18(17)14-19/h3-16H,1-2H3. The van der Waals surface area contributed by atoms with Gasteiger partial charge in [-0.25, -0.2) is 0 Å². The van der Waals surface area contributed by atoms with Crippen LogP contribution in [0.4, 0.5) is 0 Å². The molecule has 1 aromatic heterocycles. The minimum Gasteiger partial charge on any atom is -0.456 e. The molecule has 0 aliphatic rings. The minimum atomic E-state index is 0.472. The highest BCUT2D eigenvalue weighted by atomic mass is 16.3. The third-order valence-electron chi connectivity index (χ3n) is 5.23. The molecule has 1 heterocycles. The van der Waals surface area contributed by atoms with E-state index in [9.17, 15) is 0 Å². The van der Waals surface area contributed by atoms with Gasteiger partial charge in [-0.15, -0.1) is 0 Å². The zero-order valence-corrected chi connectivity index (χ0v) is 15.0. The third kappa shape index (κ3) is 2.32. The van der Waals surface area contributed by atoms with Crippen LogP contribution in [0, 0.1) is 0 Å². The van der Waals surface area contributed by atoms with Gasteiger partial charge in [0.05, 0.1) is 0 Å². The molecule has 1 heteroatoms. The first-order valence-electron chi connectivity index (χ1n) is 9.15. The molecule has 0 aliphatic heterocycles. The van der Waals surface area contributed by atoms with Crippen molar-refractivity contribution in [3.63, 3.8) is 0 Å². The Labute approximate surface area is 152 Å². The largest absolute Gasteiger partial charge is 0.456 e. The molecule has 5 rings (SSSR count). The van der Waals surface area contributed by atoms with Crippen LogP contribution in [-0.2, 0) is 0 Å². The maximum absolute atomic E-state index is 6.19. The van der Waals surface area contributed by atoms with Gasteiger partial charge in [0.15, 0.2) is 0 Å². The van der Waals surface area contributed by atoms with Gasteiger partial charge in [0.25, 0.3) is 0 Å². The van der Waals surface area contributed by atoms with Crippen molar-refractivity contribution in [3.8, 4) is 11.1 Å². The molecule has 0 N–H and O–H groups in total. The predicted molar refractivity (Wildman–Crippen MR) is 111 cm³/mol. The van der Waals surface area contributed by atoms with Gasteiger partial charge in [-0.1, -0.05) is 68.4 Å². The Morgan fingerprint density at radius 1 is 0.654 bits per heavy atom. The fraction of sp³-hybridized carbons (Fsp3) is 0.120. The number of fused-ring (bicyclic) bond motifs is 4. The molecule has 0 spiro atoms. The summed E-state index contributed by atoms with van der Waals surface area (Å²) in [5.74, 6) is 0.472. The summed E-state index contributed by atoms with van der Waals surface area (Å²) >= 11 is 0. The van der Waals surface area contributed by atoms with Crippen molar-refractivity contribution in [2.75, 3.05) is 0 Å². The summed E-state index contributed by atoms with van der Waals surface area (Å²) in [6, 6.07) is 28.0. The smallest absolute Gasteiger partial charge is 0.136 e. The molecule has 0 saturated heterocycles. The van der Waals surface area contributed by atoms with E-state index in [1.807, 2.05) is 0 Å². The fourth-order valence-corrected chi connectivity index (χ4v) is 3.88. The lowest BCUT2D eigenvalue weighted by molar-refractivity contribution is 0.668. The van der Waals surface area contributed by atoms with E-state index in [1.54, 1.807) is 0 Å². The van der Waals surface area contributed by atoms with Crippen molar-refractivity contribution in [1.29, 1.82) is 0 Å². The summed E-state index contributed by atoms with van der Waals surface area (Å²) in [6.45, 7) is 4.47. The quantitative estimate of drug-likeness (QED) is 0.325. The van der Waals surface area contributed by atoms with Crippen LogP contribution in [0.2, 0.25) is 0 Å². The van der Waals surface area contributed by atoms with Gasteiger partial charge in [-0.2, -0.15) is 0 Å². The van der Waals surface area contributed by atoms with Crippen LogP contribution < -0.4 is 0 Å². The Morgan fingerprint density at radius 2 is 1.42 bits per heavy atom. The van der Waals surface area contributed by atoms with Gasteiger partial charge in [0.2, 0.25) is 0 Å². The van der Waals surface area contributed by atoms with Crippen LogP contribution in [-0.4, -0.2) is 0 Å². The average molecular weight is 336 g/mol. The molecule has 0 atom stereocenters. The van der Waals surface area contributed by atoms with Gasteiger partial charge in [0, 0.05) is 10.8 Å². The highest BCUT2D eigenvalue weighted by Gasteiger charge is 2.13. The SMILES string of the molecule is CC(C)c1cccc2oc3cc(-c4ccc5ccccc5c4)ccc3c12. The summed E-state index contributed by atoms with van der Waals surface area (Å²) in [4.78, 5) is 0. The number of rotatable bonds is 2. The lowest BCUT2D eigenvalue weighted by Gasteiger charge is -2.07. The van der Waals surface area contributed by atoms with Crippen molar-refractivity contribution in [3.05, 3.63) is 84.4 Å². The maximum Gasteiger partial charge on any atom is 0.136 e. The molecule has 0 bridgehead atoms. The second kappa shape index (κ2) is 5.74. The summed E-state index contributed by atoms with van der Waals surface area (Å²) in [5, 5.41) is 4.98. The van der Waals surface area contributed by atoms with Crippen LogP contribution in [0.15, 0.2) is 83.3 Å². The van der Waals surface area contributed by atoms with Crippen molar-refractivity contribution in [2.24, 2.45) is 0 Å². The Kier molecular flexibility index (Phi) is 3.36. The van der Waals surface area contributed by atoms with Crippen LogP contribution in [0.1, 0.15) is 25.3 Å². The molecular formula is C25H20O. The Balaban J connectivity index is 1.72. The van der Waals surface area contributed by atoms with E-state index in [0.717, 1.165) is 11.2 Å². The molecule has 0 unspecified atom stereocenters. The van der Waals surface area contributed by atoms with Crippen LogP contribution >= 0.6 is 0 Å². The maximum atomic E-state index is 6.19. The van der Waals surface area contributed by atoms with E-state index in [4.69, 9.17) is 4.42 Å². The third-order valence-corrected chi connectivity index (χ3v) is 5.23. The van der Waals surface area contributed by atoms with Crippen molar-refractivity contribution < 1.29 is 4.42 Å². The first-order chi connectivity index (χ1) is 12.7. The molecule has 126 valence electrons.